The second-order valence-electron chi connectivity index (χ2n) is 4.24. The van der Waals surface area contributed by atoms with E-state index in [1.807, 2.05) is 0 Å². The molecule has 0 radical (unpaired) electrons. The van der Waals surface area contributed by atoms with Crippen LogP contribution in [0.1, 0.15) is 10.4 Å². The van der Waals surface area contributed by atoms with Gasteiger partial charge in [0.05, 0.1) is 0 Å². The quantitative estimate of drug-likeness (QED) is 0.890. The summed E-state index contributed by atoms with van der Waals surface area (Å²) in [6.07, 6.45) is 0. The van der Waals surface area contributed by atoms with Crippen molar-refractivity contribution in [2.24, 2.45) is 5.73 Å². The zero-order chi connectivity index (χ0) is 15.2. The molecule has 0 aromatic heterocycles. The molecule has 0 saturated carbocycles. The lowest BCUT2D eigenvalue weighted by Gasteiger charge is -2.08. The van der Waals surface area contributed by atoms with Crippen LogP contribution in [-0.2, 0) is 4.79 Å². The van der Waals surface area contributed by atoms with E-state index in [1.165, 1.54) is 6.07 Å². The molecule has 2 aromatic carbocycles. The highest BCUT2D eigenvalue weighted by atomic mass is 35.5. The molecular weight excluding hydrogens is 292 g/mol. The Labute approximate surface area is 126 Å². The van der Waals surface area contributed by atoms with Crippen molar-refractivity contribution in [3.05, 3.63) is 59.1 Å². The summed E-state index contributed by atoms with van der Waals surface area (Å²) < 4.78 is 5.15. The zero-order valence-corrected chi connectivity index (χ0v) is 11.8. The van der Waals surface area contributed by atoms with Gasteiger partial charge in [0.1, 0.15) is 5.75 Å². The highest BCUT2D eigenvalue weighted by molar-refractivity contribution is 6.30. The van der Waals surface area contributed by atoms with Crippen molar-refractivity contribution in [3.63, 3.8) is 0 Å². The Bertz CT molecular complexity index is 656. The number of nitrogens with two attached hydrogens (primary N) is 1. The molecule has 0 heterocycles. The van der Waals surface area contributed by atoms with Crippen molar-refractivity contribution in [3.8, 4) is 5.75 Å². The fourth-order valence-corrected chi connectivity index (χ4v) is 1.74. The summed E-state index contributed by atoms with van der Waals surface area (Å²) in [6, 6.07) is 13.3. The van der Waals surface area contributed by atoms with Crippen LogP contribution in [-0.4, -0.2) is 18.4 Å². The number of carbonyl (C=O) groups is 2. The predicted molar refractivity (Wildman–Crippen MR) is 80.5 cm³/mol. The molecule has 0 saturated heterocycles. The van der Waals surface area contributed by atoms with Gasteiger partial charge in [0.25, 0.3) is 11.8 Å². The number of carbonyl (C=O) groups excluding carboxylic acids is 2. The normalized spacial score (nSPS) is 9.95. The number of primary amides is 1. The second-order valence-corrected chi connectivity index (χ2v) is 4.68. The number of ether oxygens (including phenoxy) is 1. The van der Waals surface area contributed by atoms with E-state index in [0.717, 1.165) is 0 Å². The standard InChI is InChI=1S/C15H13ClN2O3/c16-11-4-6-12(7-5-11)18-15(20)10-2-1-3-13(8-10)21-9-14(17)19/h1-8H,9H2,(H2,17,19)(H,18,20). The average molecular weight is 305 g/mol. The molecule has 108 valence electrons. The van der Waals surface area contributed by atoms with Crippen LogP contribution in [0.3, 0.4) is 0 Å². The number of anilines is 1. The monoisotopic (exact) mass is 304 g/mol. The van der Waals surface area contributed by atoms with Crippen LogP contribution in [0.2, 0.25) is 5.02 Å². The van der Waals surface area contributed by atoms with Crippen molar-refractivity contribution in [1.82, 2.24) is 0 Å². The molecule has 0 aliphatic heterocycles. The predicted octanol–water partition coefficient (Wildman–Crippen LogP) is 2.46. The molecule has 0 aliphatic carbocycles. The van der Waals surface area contributed by atoms with E-state index in [9.17, 15) is 9.59 Å². The number of nitrogens with one attached hydrogen (secondary N) is 1. The van der Waals surface area contributed by atoms with Crippen LogP contribution >= 0.6 is 11.6 Å². The average Bonchev–Trinajstić information content (AvgIpc) is 2.48. The van der Waals surface area contributed by atoms with Gasteiger partial charge in [-0.2, -0.15) is 0 Å². The third-order valence-electron chi connectivity index (χ3n) is 2.58. The van der Waals surface area contributed by atoms with Crippen LogP contribution in [0, 0.1) is 0 Å². The molecule has 2 rings (SSSR count). The maximum Gasteiger partial charge on any atom is 0.255 e. The van der Waals surface area contributed by atoms with Crippen molar-refractivity contribution < 1.29 is 14.3 Å². The number of halogens is 1. The first-order chi connectivity index (χ1) is 10.0. The lowest BCUT2D eigenvalue weighted by Crippen LogP contribution is -2.20. The molecule has 2 amide bonds. The fourth-order valence-electron chi connectivity index (χ4n) is 1.62. The van der Waals surface area contributed by atoms with Crippen LogP contribution in [0.4, 0.5) is 5.69 Å². The number of hydrogen-bond acceptors (Lipinski definition) is 3. The van der Waals surface area contributed by atoms with E-state index in [1.54, 1.807) is 42.5 Å². The van der Waals surface area contributed by atoms with E-state index >= 15 is 0 Å². The number of benzene rings is 2. The van der Waals surface area contributed by atoms with E-state index in [0.29, 0.717) is 22.0 Å². The zero-order valence-electron chi connectivity index (χ0n) is 11.0. The Morgan fingerprint density at radius 3 is 2.52 bits per heavy atom. The Balaban J connectivity index is 2.06. The Kier molecular flexibility index (Phi) is 4.79. The Morgan fingerprint density at radius 1 is 1.14 bits per heavy atom. The van der Waals surface area contributed by atoms with Crippen molar-refractivity contribution >= 4 is 29.1 Å². The van der Waals surface area contributed by atoms with Gasteiger partial charge < -0.3 is 15.8 Å². The first-order valence-electron chi connectivity index (χ1n) is 6.12. The summed E-state index contributed by atoms with van der Waals surface area (Å²) in [5.41, 5.74) is 6.04. The van der Waals surface area contributed by atoms with E-state index < -0.39 is 5.91 Å². The molecule has 2 aromatic rings. The van der Waals surface area contributed by atoms with Gasteiger partial charge in [0.15, 0.2) is 6.61 Å². The summed E-state index contributed by atoms with van der Waals surface area (Å²) >= 11 is 5.78. The van der Waals surface area contributed by atoms with E-state index in [2.05, 4.69) is 5.32 Å². The minimum Gasteiger partial charge on any atom is -0.484 e. The van der Waals surface area contributed by atoms with E-state index in [4.69, 9.17) is 22.1 Å². The topological polar surface area (TPSA) is 81.4 Å². The minimum absolute atomic E-state index is 0.234. The molecule has 0 unspecified atom stereocenters. The van der Waals surface area contributed by atoms with Gasteiger partial charge in [-0.25, -0.2) is 0 Å². The molecule has 0 atom stereocenters. The SMILES string of the molecule is NC(=O)COc1cccc(C(=O)Nc2ccc(Cl)cc2)c1. The summed E-state index contributed by atoms with van der Waals surface area (Å²) in [7, 11) is 0. The molecule has 6 heteroatoms. The molecule has 0 aliphatic rings. The molecule has 0 fully saturated rings. The molecule has 0 bridgehead atoms. The van der Waals surface area contributed by atoms with Crippen LogP contribution in [0.5, 0.6) is 5.75 Å². The Morgan fingerprint density at radius 2 is 1.86 bits per heavy atom. The summed E-state index contributed by atoms with van der Waals surface area (Å²) in [4.78, 5) is 22.8. The lowest BCUT2D eigenvalue weighted by molar-refractivity contribution is -0.119. The molecule has 5 nitrogen and oxygen atoms in total. The molecule has 21 heavy (non-hydrogen) atoms. The highest BCUT2D eigenvalue weighted by Crippen LogP contribution is 2.17. The summed E-state index contributed by atoms with van der Waals surface area (Å²) in [5, 5.41) is 3.33. The maximum atomic E-state index is 12.1. The number of hydrogen-bond donors (Lipinski definition) is 2. The van der Waals surface area contributed by atoms with Gasteiger partial charge in [-0.15, -0.1) is 0 Å². The maximum absolute atomic E-state index is 12.1. The van der Waals surface area contributed by atoms with Crippen molar-refractivity contribution in [1.29, 1.82) is 0 Å². The second kappa shape index (κ2) is 6.76. The van der Waals surface area contributed by atoms with Crippen molar-refractivity contribution in [2.45, 2.75) is 0 Å². The first kappa shape index (κ1) is 14.9. The Hall–Kier alpha value is -2.53. The van der Waals surface area contributed by atoms with Gasteiger partial charge in [-0.05, 0) is 42.5 Å². The molecule has 3 N–H and O–H groups in total. The lowest BCUT2D eigenvalue weighted by atomic mass is 10.2. The number of rotatable bonds is 5. The first-order valence-corrected chi connectivity index (χ1v) is 6.50. The smallest absolute Gasteiger partial charge is 0.255 e. The summed E-state index contributed by atoms with van der Waals surface area (Å²) in [5.74, 6) is -0.467. The third-order valence-corrected chi connectivity index (χ3v) is 2.83. The van der Waals surface area contributed by atoms with Gasteiger partial charge in [-0.3, -0.25) is 9.59 Å². The van der Waals surface area contributed by atoms with Gasteiger partial charge in [0, 0.05) is 16.3 Å². The minimum atomic E-state index is -0.578. The largest absolute Gasteiger partial charge is 0.484 e. The van der Waals surface area contributed by atoms with Crippen molar-refractivity contribution in [2.75, 3.05) is 11.9 Å². The number of amides is 2. The molecule has 0 spiro atoms. The highest BCUT2D eigenvalue weighted by Gasteiger charge is 2.08. The van der Waals surface area contributed by atoms with Gasteiger partial charge >= 0.3 is 0 Å². The summed E-state index contributed by atoms with van der Waals surface area (Å²) in [6.45, 7) is -0.234. The van der Waals surface area contributed by atoms with Crippen LogP contribution < -0.4 is 15.8 Å². The third kappa shape index (κ3) is 4.50. The van der Waals surface area contributed by atoms with Gasteiger partial charge in [0.2, 0.25) is 0 Å². The fraction of sp³-hybridized carbons (Fsp3) is 0.0667. The van der Waals surface area contributed by atoms with Crippen LogP contribution in [0.15, 0.2) is 48.5 Å². The molecular formula is C15H13ClN2O3. The van der Waals surface area contributed by atoms with Gasteiger partial charge in [-0.1, -0.05) is 17.7 Å². The van der Waals surface area contributed by atoms with E-state index in [-0.39, 0.29) is 12.5 Å². The van der Waals surface area contributed by atoms with Crippen LogP contribution in [0.25, 0.3) is 0 Å².